The van der Waals surface area contributed by atoms with Crippen LogP contribution in [-0.4, -0.2) is 37.7 Å². The Bertz CT molecular complexity index is 1310. The van der Waals surface area contributed by atoms with Gasteiger partial charge in [0.2, 0.25) is 0 Å². The third-order valence-electron chi connectivity index (χ3n) is 4.93. The van der Waals surface area contributed by atoms with Gasteiger partial charge in [0, 0.05) is 17.8 Å². The van der Waals surface area contributed by atoms with E-state index in [4.69, 9.17) is 9.47 Å². The lowest BCUT2D eigenvalue weighted by atomic mass is 10.2. The molecule has 0 unspecified atom stereocenters. The number of nitrogens with one attached hydrogen (secondary N) is 3. The first kappa shape index (κ1) is 27.7. The highest BCUT2D eigenvalue weighted by Crippen LogP contribution is 2.31. The number of hydrogen-bond donors (Lipinski definition) is 3. The minimum Gasteiger partial charge on any atom is -0.493 e. The molecular weight excluding hydrogens is 505 g/mol. The molecule has 3 amide bonds. The Morgan fingerprint density at radius 1 is 0.947 bits per heavy atom. The molecule has 3 aromatic rings. The van der Waals surface area contributed by atoms with Gasteiger partial charge in [-0.2, -0.15) is 18.3 Å². The summed E-state index contributed by atoms with van der Waals surface area (Å²) >= 11 is 0. The van der Waals surface area contributed by atoms with Crippen molar-refractivity contribution in [2.75, 3.05) is 19.0 Å². The fourth-order valence-corrected chi connectivity index (χ4v) is 3.11. The Labute approximate surface area is 215 Å². The minimum absolute atomic E-state index is 0.163. The summed E-state index contributed by atoms with van der Waals surface area (Å²) in [6.45, 7) is -0.0162. The van der Waals surface area contributed by atoms with Crippen LogP contribution in [0, 0.1) is 0 Å². The number of amides is 3. The van der Waals surface area contributed by atoms with Crippen LogP contribution in [-0.2, 0) is 27.1 Å². The molecular formula is C26H23F3N4O5. The number of ether oxygens (including phenoxy) is 2. The van der Waals surface area contributed by atoms with E-state index in [1.807, 2.05) is 35.8 Å². The van der Waals surface area contributed by atoms with Gasteiger partial charge in [-0.15, -0.1) is 0 Å². The third kappa shape index (κ3) is 8.08. The Morgan fingerprint density at radius 3 is 2.39 bits per heavy atom. The van der Waals surface area contributed by atoms with Crippen LogP contribution in [0.15, 0.2) is 77.9 Å². The van der Waals surface area contributed by atoms with Gasteiger partial charge in [0.05, 0.1) is 18.9 Å². The van der Waals surface area contributed by atoms with Gasteiger partial charge in [0.25, 0.3) is 5.91 Å². The largest absolute Gasteiger partial charge is 0.493 e. The van der Waals surface area contributed by atoms with Crippen molar-refractivity contribution in [1.29, 1.82) is 0 Å². The van der Waals surface area contributed by atoms with E-state index < -0.39 is 23.6 Å². The topological polar surface area (TPSA) is 118 Å². The molecule has 0 spiro atoms. The SMILES string of the molecule is COc1cccc(/C=N\NC(=O)C(=O)Nc2cccc(C(F)(F)F)c2)c1OCC(=O)NCc1ccccc1. The first-order valence-corrected chi connectivity index (χ1v) is 11.1. The van der Waals surface area contributed by atoms with E-state index in [1.165, 1.54) is 13.2 Å². The molecule has 12 heteroatoms. The first-order chi connectivity index (χ1) is 18.2. The normalized spacial score (nSPS) is 11.1. The maximum absolute atomic E-state index is 12.8. The molecule has 0 aliphatic carbocycles. The van der Waals surface area contributed by atoms with Gasteiger partial charge in [-0.1, -0.05) is 42.5 Å². The number of methoxy groups -OCH3 is 1. The van der Waals surface area contributed by atoms with Crippen LogP contribution in [0.4, 0.5) is 18.9 Å². The van der Waals surface area contributed by atoms with Crippen LogP contribution in [0.2, 0.25) is 0 Å². The van der Waals surface area contributed by atoms with E-state index in [0.717, 1.165) is 23.9 Å². The molecule has 0 aliphatic rings. The second kappa shape index (κ2) is 12.9. The number of rotatable bonds is 9. The Kier molecular flexibility index (Phi) is 9.41. The van der Waals surface area contributed by atoms with Gasteiger partial charge in [0.15, 0.2) is 18.1 Å². The number of hydrogen-bond acceptors (Lipinski definition) is 6. The number of alkyl halides is 3. The fraction of sp³-hybridized carbons (Fsp3) is 0.154. The number of nitrogens with zero attached hydrogens (tertiary/aromatic N) is 1. The van der Waals surface area contributed by atoms with Crippen molar-refractivity contribution in [2.45, 2.75) is 12.7 Å². The van der Waals surface area contributed by atoms with Gasteiger partial charge < -0.3 is 20.1 Å². The van der Waals surface area contributed by atoms with Crippen molar-refractivity contribution in [1.82, 2.24) is 10.7 Å². The molecule has 3 N–H and O–H groups in total. The summed E-state index contributed by atoms with van der Waals surface area (Å²) < 4.78 is 49.4. The average molecular weight is 528 g/mol. The third-order valence-corrected chi connectivity index (χ3v) is 4.93. The molecule has 0 aliphatic heterocycles. The second-order valence-electron chi connectivity index (χ2n) is 7.66. The summed E-state index contributed by atoms with van der Waals surface area (Å²) in [5, 5.41) is 8.50. The van der Waals surface area contributed by atoms with Crippen molar-refractivity contribution in [3.8, 4) is 11.5 Å². The molecule has 0 radical (unpaired) electrons. The van der Waals surface area contributed by atoms with Gasteiger partial charge >= 0.3 is 18.0 Å². The summed E-state index contributed by atoms with van der Waals surface area (Å²) in [4.78, 5) is 36.4. The molecule has 0 saturated carbocycles. The van der Waals surface area contributed by atoms with Crippen molar-refractivity contribution < 1.29 is 37.0 Å². The van der Waals surface area contributed by atoms with Crippen LogP contribution in [0.5, 0.6) is 11.5 Å². The van der Waals surface area contributed by atoms with Gasteiger partial charge in [-0.25, -0.2) is 5.43 Å². The van der Waals surface area contributed by atoms with Gasteiger partial charge in [0.1, 0.15) is 0 Å². The van der Waals surface area contributed by atoms with Crippen molar-refractivity contribution in [3.63, 3.8) is 0 Å². The maximum atomic E-state index is 12.8. The maximum Gasteiger partial charge on any atom is 0.416 e. The van der Waals surface area contributed by atoms with Crippen molar-refractivity contribution >= 4 is 29.6 Å². The van der Waals surface area contributed by atoms with Crippen LogP contribution < -0.4 is 25.5 Å². The van der Waals surface area contributed by atoms with E-state index in [1.54, 1.807) is 18.2 Å². The summed E-state index contributed by atoms with van der Waals surface area (Å²) in [6.07, 6.45) is -3.44. The van der Waals surface area contributed by atoms with E-state index in [9.17, 15) is 27.6 Å². The molecule has 198 valence electrons. The Morgan fingerprint density at radius 2 is 1.68 bits per heavy atom. The van der Waals surface area contributed by atoms with Crippen LogP contribution >= 0.6 is 0 Å². The summed E-state index contributed by atoms with van der Waals surface area (Å²) in [6, 6.07) is 17.9. The van der Waals surface area contributed by atoms with Gasteiger partial charge in [-0.05, 0) is 35.9 Å². The average Bonchev–Trinajstić information content (AvgIpc) is 2.91. The number of carbonyl (C=O) groups is 3. The predicted octanol–water partition coefficient (Wildman–Crippen LogP) is 3.50. The molecule has 0 aromatic heterocycles. The number of anilines is 1. The number of hydrazone groups is 1. The lowest BCUT2D eigenvalue weighted by Crippen LogP contribution is -2.32. The lowest BCUT2D eigenvalue weighted by Gasteiger charge is -2.13. The highest BCUT2D eigenvalue weighted by atomic mass is 19.4. The molecule has 0 fully saturated rings. The smallest absolute Gasteiger partial charge is 0.416 e. The van der Waals surface area contributed by atoms with Crippen LogP contribution in [0.25, 0.3) is 0 Å². The Balaban J connectivity index is 1.59. The Hall–Kier alpha value is -4.87. The van der Waals surface area contributed by atoms with E-state index in [0.29, 0.717) is 23.9 Å². The minimum atomic E-state index is -4.60. The van der Waals surface area contributed by atoms with E-state index in [2.05, 4.69) is 15.7 Å². The lowest BCUT2D eigenvalue weighted by molar-refractivity contribution is -0.137. The first-order valence-electron chi connectivity index (χ1n) is 11.1. The van der Waals surface area contributed by atoms with Gasteiger partial charge in [-0.3, -0.25) is 14.4 Å². The highest BCUT2D eigenvalue weighted by molar-refractivity contribution is 6.39. The molecule has 9 nitrogen and oxygen atoms in total. The molecule has 38 heavy (non-hydrogen) atoms. The van der Waals surface area contributed by atoms with Crippen molar-refractivity contribution in [3.05, 3.63) is 89.5 Å². The standard InChI is InChI=1S/C26H23F3N4O5/c1-37-21-12-5-9-18(23(21)38-16-22(34)30-14-17-7-3-2-4-8-17)15-31-33-25(36)24(35)32-20-11-6-10-19(13-20)26(27,28)29/h2-13,15H,14,16H2,1H3,(H,30,34)(H,32,35)(H,33,36)/b31-15-. The number of halogens is 3. The summed E-state index contributed by atoms with van der Waals surface area (Å²) in [5.74, 6) is -2.38. The summed E-state index contributed by atoms with van der Waals surface area (Å²) in [5.41, 5.74) is 2.03. The molecule has 0 heterocycles. The van der Waals surface area contributed by atoms with Crippen LogP contribution in [0.1, 0.15) is 16.7 Å². The quantitative estimate of drug-likeness (QED) is 0.223. The number of benzene rings is 3. The molecule has 3 aromatic carbocycles. The molecule has 0 atom stereocenters. The van der Waals surface area contributed by atoms with Crippen LogP contribution in [0.3, 0.4) is 0 Å². The molecule has 0 saturated heterocycles. The zero-order valence-electron chi connectivity index (χ0n) is 20.0. The number of para-hydroxylation sites is 1. The van der Waals surface area contributed by atoms with Crippen molar-refractivity contribution in [2.24, 2.45) is 5.10 Å². The zero-order valence-corrected chi connectivity index (χ0v) is 20.0. The summed E-state index contributed by atoms with van der Waals surface area (Å²) in [7, 11) is 1.40. The van der Waals surface area contributed by atoms with E-state index >= 15 is 0 Å². The highest BCUT2D eigenvalue weighted by Gasteiger charge is 2.30. The fourth-order valence-electron chi connectivity index (χ4n) is 3.11. The second-order valence-corrected chi connectivity index (χ2v) is 7.66. The molecule has 3 rings (SSSR count). The van der Waals surface area contributed by atoms with E-state index in [-0.39, 0.29) is 24.0 Å². The monoisotopic (exact) mass is 528 g/mol. The predicted molar refractivity (Wildman–Crippen MR) is 133 cm³/mol. The zero-order chi connectivity index (χ0) is 27.5. The molecule has 0 bridgehead atoms. The number of carbonyl (C=O) groups excluding carboxylic acids is 3.